The second-order valence-electron chi connectivity index (χ2n) is 4.93. The van der Waals surface area contributed by atoms with Crippen LogP contribution < -0.4 is 4.74 Å². The van der Waals surface area contributed by atoms with Gasteiger partial charge in [0.15, 0.2) is 0 Å². The molecule has 0 saturated heterocycles. The minimum absolute atomic E-state index is 0.122. The Balaban J connectivity index is 1.83. The minimum atomic E-state index is 0.122. The van der Waals surface area contributed by atoms with Gasteiger partial charge in [-0.25, -0.2) is 0 Å². The van der Waals surface area contributed by atoms with Gasteiger partial charge in [0.05, 0.1) is 4.47 Å². The number of hydrogen-bond acceptors (Lipinski definition) is 2. The summed E-state index contributed by atoms with van der Waals surface area (Å²) in [6.45, 7) is 2.73. The SMILES string of the molecule is CCOC1C(Br)CC1Oc1ccc2ccccc2c1Br. The van der Waals surface area contributed by atoms with Gasteiger partial charge in [-0.2, -0.15) is 0 Å². The Kier molecular flexibility index (Phi) is 4.34. The van der Waals surface area contributed by atoms with E-state index < -0.39 is 0 Å². The fourth-order valence-corrected chi connectivity index (χ4v) is 3.96. The van der Waals surface area contributed by atoms with Crippen LogP contribution in [0.15, 0.2) is 40.9 Å². The van der Waals surface area contributed by atoms with Crippen LogP contribution in [0.5, 0.6) is 5.75 Å². The molecular weight excluding hydrogens is 384 g/mol. The van der Waals surface area contributed by atoms with Gasteiger partial charge in [-0.15, -0.1) is 0 Å². The Morgan fingerprint density at radius 1 is 1.20 bits per heavy atom. The smallest absolute Gasteiger partial charge is 0.134 e. The van der Waals surface area contributed by atoms with Crippen LogP contribution in [0.3, 0.4) is 0 Å². The molecule has 3 unspecified atom stereocenters. The standard InChI is InChI=1S/C16H16Br2O2/c1-2-19-16-12(17)9-14(16)20-13-8-7-10-5-3-4-6-11(10)15(13)18/h3-8,12,14,16H,2,9H2,1H3. The molecule has 3 atom stereocenters. The first-order valence-electron chi connectivity index (χ1n) is 6.80. The van der Waals surface area contributed by atoms with E-state index in [1.165, 1.54) is 10.8 Å². The first-order chi connectivity index (χ1) is 9.70. The molecule has 20 heavy (non-hydrogen) atoms. The second kappa shape index (κ2) is 6.04. The number of ether oxygens (including phenoxy) is 2. The van der Waals surface area contributed by atoms with E-state index in [-0.39, 0.29) is 12.2 Å². The van der Waals surface area contributed by atoms with Gasteiger partial charge in [0, 0.05) is 17.9 Å². The lowest BCUT2D eigenvalue weighted by atomic mass is 9.91. The zero-order valence-electron chi connectivity index (χ0n) is 11.2. The molecule has 2 nitrogen and oxygen atoms in total. The zero-order chi connectivity index (χ0) is 14.1. The van der Waals surface area contributed by atoms with Crippen molar-refractivity contribution in [3.05, 3.63) is 40.9 Å². The normalized spacial score (nSPS) is 25.4. The maximum absolute atomic E-state index is 6.12. The van der Waals surface area contributed by atoms with Gasteiger partial charge < -0.3 is 9.47 Å². The van der Waals surface area contributed by atoms with Gasteiger partial charge >= 0.3 is 0 Å². The minimum Gasteiger partial charge on any atom is -0.486 e. The summed E-state index contributed by atoms with van der Waals surface area (Å²) in [5.74, 6) is 0.887. The lowest BCUT2D eigenvalue weighted by molar-refractivity contribution is -0.0725. The number of rotatable bonds is 4. The number of hydrogen-bond donors (Lipinski definition) is 0. The highest BCUT2D eigenvalue weighted by molar-refractivity contribution is 9.10. The Labute approximate surface area is 135 Å². The van der Waals surface area contributed by atoms with E-state index in [0.717, 1.165) is 16.6 Å². The molecule has 1 saturated carbocycles. The summed E-state index contributed by atoms with van der Waals surface area (Å²) < 4.78 is 12.9. The zero-order valence-corrected chi connectivity index (χ0v) is 14.4. The summed E-state index contributed by atoms with van der Waals surface area (Å²) in [6, 6.07) is 12.4. The maximum Gasteiger partial charge on any atom is 0.134 e. The van der Waals surface area contributed by atoms with Gasteiger partial charge in [0.2, 0.25) is 0 Å². The van der Waals surface area contributed by atoms with Crippen molar-refractivity contribution < 1.29 is 9.47 Å². The molecule has 0 aliphatic heterocycles. The number of fused-ring (bicyclic) bond motifs is 1. The lowest BCUT2D eigenvalue weighted by Crippen LogP contribution is -2.52. The predicted octanol–water partition coefficient (Wildman–Crippen LogP) is 4.92. The van der Waals surface area contributed by atoms with Crippen molar-refractivity contribution >= 4 is 42.6 Å². The van der Waals surface area contributed by atoms with Gasteiger partial charge in [0.25, 0.3) is 0 Å². The summed E-state index contributed by atoms with van der Waals surface area (Å²) in [5, 5.41) is 2.38. The summed E-state index contributed by atoms with van der Waals surface area (Å²) in [6.07, 6.45) is 1.24. The van der Waals surface area contributed by atoms with E-state index >= 15 is 0 Å². The summed E-state index contributed by atoms with van der Waals surface area (Å²) in [5.41, 5.74) is 0. The molecule has 3 rings (SSSR count). The molecule has 0 radical (unpaired) electrons. The molecule has 0 aromatic heterocycles. The monoisotopic (exact) mass is 398 g/mol. The summed E-state index contributed by atoms with van der Waals surface area (Å²) >= 11 is 7.28. The lowest BCUT2D eigenvalue weighted by Gasteiger charge is -2.40. The third-order valence-corrected chi connectivity index (χ3v) is 5.36. The van der Waals surface area contributed by atoms with Crippen molar-refractivity contribution in [3.63, 3.8) is 0 Å². The third-order valence-electron chi connectivity index (χ3n) is 3.65. The molecule has 0 N–H and O–H groups in total. The van der Waals surface area contributed by atoms with Crippen molar-refractivity contribution in [2.45, 2.75) is 30.4 Å². The molecule has 0 amide bonds. The first kappa shape index (κ1) is 14.4. The summed E-state index contributed by atoms with van der Waals surface area (Å²) in [7, 11) is 0. The maximum atomic E-state index is 6.12. The van der Waals surface area contributed by atoms with Crippen LogP contribution in [0, 0.1) is 0 Å². The number of alkyl halides is 1. The van der Waals surface area contributed by atoms with Crippen LogP contribution in [-0.4, -0.2) is 23.6 Å². The molecule has 4 heteroatoms. The van der Waals surface area contributed by atoms with Crippen LogP contribution in [0.2, 0.25) is 0 Å². The highest BCUT2D eigenvalue weighted by atomic mass is 79.9. The molecule has 2 aromatic rings. The Bertz CT molecular complexity index is 614. The fraction of sp³-hybridized carbons (Fsp3) is 0.375. The van der Waals surface area contributed by atoms with E-state index in [1.807, 2.05) is 25.1 Å². The third kappa shape index (κ3) is 2.61. The average molecular weight is 400 g/mol. The van der Waals surface area contributed by atoms with Crippen molar-refractivity contribution in [1.82, 2.24) is 0 Å². The van der Waals surface area contributed by atoms with Crippen molar-refractivity contribution in [2.75, 3.05) is 6.61 Å². The Morgan fingerprint density at radius 3 is 2.75 bits per heavy atom. The van der Waals surface area contributed by atoms with E-state index in [1.54, 1.807) is 0 Å². The van der Waals surface area contributed by atoms with Crippen LogP contribution >= 0.6 is 31.9 Å². The van der Waals surface area contributed by atoms with Gasteiger partial charge in [-0.05, 0) is 39.7 Å². The molecule has 1 aliphatic carbocycles. The van der Waals surface area contributed by atoms with Crippen LogP contribution in [-0.2, 0) is 4.74 Å². The van der Waals surface area contributed by atoms with Crippen molar-refractivity contribution in [1.29, 1.82) is 0 Å². The van der Waals surface area contributed by atoms with Crippen molar-refractivity contribution in [2.24, 2.45) is 0 Å². The number of halogens is 2. The topological polar surface area (TPSA) is 18.5 Å². The largest absolute Gasteiger partial charge is 0.486 e. The summed E-state index contributed by atoms with van der Waals surface area (Å²) in [4.78, 5) is 0.395. The first-order valence-corrected chi connectivity index (χ1v) is 8.51. The number of benzene rings is 2. The van der Waals surface area contributed by atoms with Crippen LogP contribution in [0.4, 0.5) is 0 Å². The molecule has 0 bridgehead atoms. The molecule has 2 aromatic carbocycles. The average Bonchev–Trinajstić information content (AvgIpc) is 2.47. The molecule has 0 spiro atoms. The van der Waals surface area contributed by atoms with Crippen LogP contribution in [0.1, 0.15) is 13.3 Å². The van der Waals surface area contributed by atoms with Gasteiger partial charge in [0.1, 0.15) is 18.0 Å². The second-order valence-corrected chi connectivity index (χ2v) is 6.90. The fourth-order valence-electron chi connectivity index (χ4n) is 2.51. The van der Waals surface area contributed by atoms with Crippen LogP contribution in [0.25, 0.3) is 10.8 Å². The van der Waals surface area contributed by atoms with Gasteiger partial charge in [-0.1, -0.05) is 46.3 Å². The highest BCUT2D eigenvalue weighted by Gasteiger charge is 2.42. The molecule has 106 valence electrons. The quantitative estimate of drug-likeness (QED) is 0.679. The van der Waals surface area contributed by atoms with E-state index in [0.29, 0.717) is 11.4 Å². The Hall–Kier alpha value is -0.580. The van der Waals surface area contributed by atoms with E-state index in [9.17, 15) is 0 Å². The van der Waals surface area contributed by atoms with Crippen molar-refractivity contribution in [3.8, 4) is 5.75 Å². The molecule has 1 fully saturated rings. The highest BCUT2D eigenvalue weighted by Crippen LogP contribution is 2.38. The Morgan fingerprint density at radius 2 is 2.00 bits per heavy atom. The van der Waals surface area contributed by atoms with Gasteiger partial charge in [-0.3, -0.25) is 0 Å². The predicted molar refractivity (Wildman–Crippen MR) is 88.8 cm³/mol. The molecular formula is C16H16Br2O2. The molecule has 1 aliphatic rings. The van der Waals surface area contributed by atoms with E-state index in [4.69, 9.17) is 9.47 Å². The van der Waals surface area contributed by atoms with E-state index in [2.05, 4.69) is 50.1 Å². The molecule has 0 heterocycles.